The first kappa shape index (κ1) is 16.7. The van der Waals surface area contributed by atoms with E-state index in [1.54, 1.807) is 12.1 Å². The molecule has 1 aromatic rings. The van der Waals surface area contributed by atoms with Gasteiger partial charge in [0.2, 0.25) is 0 Å². The maximum Gasteiger partial charge on any atom is 0.251 e. The number of amides is 1. The van der Waals surface area contributed by atoms with E-state index in [1.807, 2.05) is 11.8 Å². The smallest absolute Gasteiger partial charge is 0.251 e. The van der Waals surface area contributed by atoms with E-state index in [-0.39, 0.29) is 11.7 Å². The summed E-state index contributed by atoms with van der Waals surface area (Å²) in [6.07, 6.45) is 6.68. The number of thioether (sulfide) groups is 1. The maximum atomic E-state index is 11.9. The van der Waals surface area contributed by atoms with Crippen LogP contribution in [-0.2, 0) is 0 Å². The summed E-state index contributed by atoms with van der Waals surface area (Å²) in [6, 6.07) is 4.66. The Hall–Kier alpha value is -1.36. The van der Waals surface area contributed by atoms with Gasteiger partial charge in [-0.3, -0.25) is 4.79 Å². The third kappa shape index (κ3) is 5.74. The van der Waals surface area contributed by atoms with Gasteiger partial charge in [0.1, 0.15) is 0 Å². The van der Waals surface area contributed by atoms with Crippen molar-refractivity contribution < 1.29 is 14.6 Å². The normalized spacial score (nSPS) is 10.3. The second-order valence-electron chi connectivity index (χ2n) is 4.55. The van der Waals surface area contributed by atoms with Gasteiger partial charge in [-0.25, -0.2) is 0 Å². The lowest BCUT2D eigenvalue weighted by Crippen LogP contribution is -2.24. The average molecular weight is 297 g/mol. The molecule has 0 fully saturated rings. The third-order valence-electron chi connectivity index (χ3n) is 3.00. The highest BCUT2D eigenvalue weighted by molar-refractivity contribution is 7.98. The van der Waals surface area contributed by atoms with Gasteiger partial charge in [-0.15, -0.1) is 0 Å². The first-order chi connectivity index (χ1) is 9.69. The zero-order chi connectivity index (χ0) is 14.8. The fourth-order valence-electron chi connectivity index (χ4n) is 1.86. The van der Waals surface area contributed by atoms with Crippen molar-refractivity contribution in [2.45, 2.75) is 25.7 Å². The Morgan fingerprint density at radius 1 is 1.30 bits per heavy atom. The van der Waals surface area contributed by atoms with E-state index in [1.165, 1.54) is 31.8 Å². The van der Waals surface area contributed by atoms with Gasteiger partial charge in [-0.05, 0) is 43.0 Å². The highest BCUT2D eigenvalue weighted by atomic mass is 32.2. The number of unbranched alkanes of at least 4 members (excludes halogenated alkanes) is 3. The number of phenols is 1. The average Bonchev–Trinajstić information content (AvgIpc) is 2.46. The second-order valence-corrected chi connectivity index (χ2v) is 5.54. The van der Waals surface area contributed by atoms with Crippen molar-refractivity contribution in [2.75, 3.05) is 25.7 Å². The van der Waals surface area contributed by atoms with Crippen LogP contribution in [-0.4, -0.2) is 36.7 Å². The number of ether oxygens (including phenoxy) is 1. The SMILES string of the molecule is COc1ccc(C(=O)NCCCCCCSC)cc1O. The van der Waals surface area contributed by atoms with E-state index >= 15 is 0 Å². The summed E-state index contributed by atoms with van der Waals surface area (Å²) in [5, 5.41) is 12.5. The molecule has 0 radical (unpaired) electrons. The molecular formula is C15H23NO3S. The van der Waals surface area contributed by atoms with Crippen LogP contribution < -0.4 is 10.1 Å². The first-order valence-corrected chi connectivity index (χ1v) is 8.22. The zero-order valence-corrected chi connectivity index (χ0v) is 13.0. The molecule has 0 aliphatic rings. The van der Waals surface area contributed by atoms with Crippen LogP contribution in [0.2, 0.25) is 0 Å². The van der Waals surface area contributed by atoms with Gasteiger partial charge in [0.15, 0.2) is 11.5 Å². The second kappa shape index (κ2) is 9.53. The molecule has 1 amide bonds. The standard InChI is InChI=1S/C15H23NO3S/c1-19-14-8-7-12(11-13(14)17)15(18)16-9-5-3-4-6-10-20-2/h7-8,11,17H,3-6,9-10H2,1-2H3,(H,16,18). The lowest BCUT2D eigenvalue weighted by molar-refractivity contribution is 0.0952. The molecule has 0 aliphatic carbocycles. The van der Waals surface area contributed by atoms with E-state index in [9.17, 15) is 9.90 Å². The summed E-state index contributed by atoms with van der Waals surface area (Å²) in [5.74, 6) is 1.40. The van der Waals surface area contributed by atoms with Gasteiger partial charge >= 0.3 is 0 Å². The molecule has 4 nitrogen and oxygen atoms in total. The number of methoxy groups -OCH3 is 1. The number of hydrogen-bond donors (Lipinski definition) is 2. The molecule has 0 aromatic heterocycles. The minimum atomic E-state index is -0.160. The summed E-state index contributed by atoms with van der Waals surface area (Å²) in [6.45, 7) is 0.672. The van der Waals surface area contributed by atoms with Gasteiger partial charge in [0, 0.05) is 12.1 Å². The first-order valence-electron chi connectivity index (χ1n) is 6.83. The molecule has 1 aromatic carbocycles. The van der Waals surface area contributed by atoms with Gasteiger partial charge < -0.3 is 15.2 Å². The monoisotopic (exact) mass is 297 g/mol. The number of carbonyl (C=O) groups excluding carboxylic acids is 1. The molecule has 0 saturated carbocycles. The molecule has 0 saturated heterocycles. The quantitative estimate of drug-likeness (QED) is 0.688. The molecule has 0 unspecified atom stereocenters. The Balaban J connectivity index is 2.27. The molecule has 1 rings (SSSR count). The van der Waals surface area contributed by atoms with Crippen LogP contribution in [0.1, 0.15) is 36.0 Å². The highest BCUT2D eigenvalue weighted by Crippen LogP contribution is 2.26. The van der Waals surface area contributed by atoms with E-state index in [0.717, 1.165) is 12.8 Å². The van der Waals surface area contributed by atoms with Crippen LogP contribution in [0.4, 0.5) is 0 Å². The largest absolute Gasteiger partial charge is 0.504 e. The van der Waals surface area contributed by atoms with E-state index in [4.69, 9.17) is 4.74 Å². The fraction of sp³-hybridized carbons (Fsp3) is 0.533. The van der Waals surface area contributed by atoms with Crippen LogP contribution >= 0.6 is 11.8 Å². The van der Waals surface area contributed by atoms with Crippen LogP contribution in [0.25, 0.3) is 0 Å². The lowest BCUT2D eigenvalue weighted by Gasteiger charge is -2.07. The summed E-state index contributed by atoms with van der Waals surface area (Å²) >= 11 is 1.87. The molecule has 0 spiro atoms. The van der Waals surface area contributed by atoms with Crippen molar-refractivity contribution >= 4 is 17.7 Å². The van der Waals surface area contributed by atoms with Crippen LogP contribution in [0.15, 0.2) is 18.2 Å². The van der Waals surface area contributed by atoms with E-state index in [2.05, 4.69) is 11.6 Å². The number of aromatic hydroxyl groups is 1. The van der Waals surface area contributed by atoms with Gasteiger partial charge in [-0.2, -0.15) is 11.8 Å². The van der Waals surface area contributed by atoms with Gasteiger partial charge in [0.05, 0.1) is 7.11 Å². The van der Waals surface area contributed by atoms with Crippen molar-refractivity contribution in [2.24, 2.45) is 0 Å². The van der Waals surface area contributed by atoms with Crippen molar-refractivity contribution in [3.63, 3.8) is 0 Å². The Labute approximate surface area is 124 Å². The number of nitrogens with one attached hydrogen (secondary N) is 1. The Kier molecular flexibility index (Phi) is 7.95. The number of phenolic OH excluding ortho intramolecular Hbond substituents is 1. The number of rotatable bonds is 9. The topological polar surface area (TPSA) is 58.6 Å². The zero-order valence-electron chi connectivity index (χ0n) is 12.1. The van der Waals surface area contributed by atoms with Crippen molar-refractivity contribution in [1.29, 1.82) is 0 Å². The Morgan fingerprint density at radius 3 is 2.70 bits per heavy atom. The summed E-state index contributed by atoms with van der Waals surface area (Å²) in [7, 11) is 1.48. The van der Waals surface area contributed by atoms with Crippen molar-refractivity contribution in [3.8, 4) is 11.5 Å². The minimum Gasteiger partial charge on any atom is -0.504 e. The van der Waals surface area contributed by atoms with Gasteiger partial charge in [0.25, 0.3) is 5.91 Å². The predicted molar refractivity (Wildman–Crippen MR) is 83.8 cm³/mol. The number of benzene rings is 1. The van der Waals surface area contributed by atoms with Crippen molar-refractivity contribution in [1.82, 2.24) is 5.32 Å². The molecule has 20 heavy (non-hydrogen) atoms. The molecule has 0 bridgehead atoms. The number of carbonyl (C=O) groups is 1. The van der Waals surface area contributed by atoms with Crippen LogP contribution in [0, 0.1) is 0 Å². The number of hydrogen-bond acceptors (Lipinski definition) is 4. The fourth-order valence-corrected chi connectivity index (χ4v) is 2.35. The molecule has 2 N–H and O–H groups in total. The lowest BCUT2D eigenvalue weighted by atomic mass is 10.1. The molecular weight excluding hydrogens is 274 g/mol. The van der Waals surface area contributed by atoms with Crippen LogP contribution in [0.3, 0.4) is 0 Å². The highest BCUT2D eigenvalue weighted by Gasteiger charge is 2.08. The van der Waals surface area contributed by atoms with Gasteiger partial charge in [-0.1, -0.05) is 12.8 Å². The molecule has 5 heteroatoms. The summed E-state index contributed by atoms with van der Waals surface area (Å²) in [5.41, 5.74) is 0.450. The van der Waals surface area contributed by atoms with Crippen LogP contribution in [0.5, 0.6) is 11.5 Å². The Bertz CT molecular complexity index is 424. The minimum absolute atomic E-state index is 0.0165. The van der Waals surface area contributed by atoms with E-state index < -0.39 is 0 Å². The van der Waals surface area contributed by atoms with E-state index in [0.29, 0.717) is 17.9 Å². The molecule has 0 aliphatic heterocycles. The Morgan fingerprint density at radius 2 is 2.05 bits per heavy atom. The molecule has 0 atom stereocenters. The maximum absolute atomic E-state index is 11.9. The molecule has 112 valence electrons. The summed E-state index contributed by atoms with van der Waals surface area (Å²) < 4.78 is 4.94. The van der Waals surface area contributed by atoms with Crippen molar-refractivity contribution in [3.05, 3.63) is 23.8 Å². The summed E-state index contributed by atoms with van der Waals surface area (Å²) in [4.78, 5) is 11.9. The molecule has 0 heterocycles. The predicted octanol–water partition coefficient (Wildman–Crippen LogP) is 3.05. The third-order valence-corrected chi connectivity index (χ3v) is 3.70.